The summed E-state index contributed by atoms with van der Waals surface area (Å²) in [5.74, 6) is -0.00775. The van der Waals surface area contributed by atoms with Gasteiger partial charge in [0.15, 0.2) is 0 Å². The van der Waals surface area contributed by atoms with Gasteiger partial charge in [-0.15, -0.1) is 0 Å². The molecule has 0 atom stereocenters. The van der Waals surface area contributed by atoms with E-state index in [1.807, 2.05) is 69.4 Å². The summed E-state index contributed by atoms with van der Waals surface area (Å²) in [6.07, 6.45) is 1.90. The Kier molecular flexibility index (Phi) is 4.37. The summed E-state index contributed by atoms with van der Waals surface area (Å²) in [7, 11) is 0. The Morgan fingerprint density at radius 1 is 1.21 bits per heavy atom. The zero-order valence-corrected chi connectivity index (χ0v) is 14.9. The third kappa shape index (κ3) is 3.04. The number of aryl methyl sites for hydroxylation is 1. The molecule has 2 N–H and O–H groups in total. The van der Waals surface area contributed by atoms with E-state index in [9.17, 15) is 4.79 Å². The van der Waals surface area contributed by atoms with Gasteiger partial charge in [0.25, 0.3) is 0 Å². The van der Waals surface area contributed by atoms with Gasteiger partial charge in [-0.05, 0) is 55.7 Å². The fourth-order valence-electron chi connectivity index (χ4n) is 2.94. The van der Waals surface area contributed by atoms with Crippen LogP contribution < -0.4 is 5.32 Å². The second-order valence-corrected chi connectivity index (χ2v) is 7.06. The van der Waals surface area contributed by atoms with Crippen LogP contribution in [-0.4, -0.2) is 10.9 Å². The molecule has 0 radical (unpaired) electrons. The van der Waals surface area contributed by atoms with E-state index in [2.05, 4.69) is 10.3 Å². The Bertz CT molecular complexity index is 896. The first-order valence-electron chi connectivity index (χ1n) is 7.99. The van der Waals surface area contributed by atoms with Crippen LogP contribution in [0.4, 0.5) is 0 Å². The Labute approximate surface area is 147 Å². The maximum Gasteiger partial charge on any atom is 0.230 e. The lowest BCUT2D eigenvalue weighted by Gasteiger charge is -2.24. The number of amides is 1. The van der Waals surface area contributed by atoms with Crippen LogP contribution in [0.5, 0.6) is 0 Å². The number of carbonyl (C=O) groups excluding carboxylic acids is 1. The van der Waals surface area contributed by atoms with Crippen LogP contribution in [0.15, 0.2) is 48.7 Å². The van der Waals surface area contributed by atoms with Gasteiger partial charge in [0.2, 0.25) is 5.91 Å². The number of H-pyrrole nitrogens is 1. The smallest absolute Gasteiger partial charge is 0.230 e. The highest BCUT2D eigenvalue weighted by molar-refractivity contribution is 6.31. The van der Waals surface area contributed by atoms with Gasteiger partial charge in [-0.1, -0.05) is 35.9 Å². The number of hydrogen-bond acceptors (Lipinski definition) is 1. The molecule has 3 rings (SSSR count). The molecule has 0 aliphatic carbocycles. The van der Waals surface area contributed by atoms with Crippen molar-refractivity contribution in [2.45, 2.75) is 32.7 Å². The molecule has 3 aromatic rings. The van der Waals surface area contributed by atoms with Crippen molar-refractivity contribution in [2.75, 3.05) is 0 Å². The fourth-order valence-corrected chi connectivity index (χ4v) is 3.11. The quantitative estimate of drug-likeness (QED) is 0.709. The van der Waals surface area contributed by atoms with Gasteiger partial charge in [0.1, 0.15) is 0 Å². The summed E-state index contributed by atoms with van der Waals surface area (Å²) in [6.45, 7) is 6.44. The second-order valence-electron chi connectivity index (χ2n) is 6.63. The molecule has 3 nitrogen and oxygen atoms in total. The largest absolute Gasteiger partial charge is 0.361 e. The third-order valence-electron chi connectivity index (χ3n) is 4.59. The van der Waals surface area contributed by atoms with Crippen LogP contribution in [0.1, 0.15) is 30.5 Å². The average molecular weight is 341 g/mol. The molecule has 0 bridgehead atoms. The van der Waals surface area contributed by atoms with Crippen molar-refractivity contribution in [3.63, 3.8) is 0 Å². The number of halogens is 1. The van der Waals surface area contributed by atoms with Crippen LogP contribution in [-0.2, 0) is 16.8 Å². The summed E-state index contributed by atoms with van der Waals surface area (Å²) >= 11 is 6.12. The molecule has 0 saturated carbocycles. The minimum absolute atomic E-state index is 0.00775. The molecule has 0 aliphatic rings. The molecule has 1 amide bonds. The van der Waals surface area contributed by atoms with Gasteiger partial charge in [-0.3, -0.25) is 4.79 Å². The van der Waals surface area contributed by atoms with Gasteiger partial charge >= 0.3 is 0 Å². The predicted molar refractivity (Wildman–Crippen MR) is 99.4 cm³/mol. The number of hydrogen-bond donors (Lipinski definition) is 2. The first kappa shape index (κ1) is 16.6. The maximum absolute atomic E-state index is 12.8. The summed E-state index contributed by atoms with van der Waals surface area (Å²) in [5.41, 5.74) is 3.57. The topological polar surface area (TPSA) is 44.9 Å². The number of rotatable bonds is 4. The first-order valence-corrected chi connectivity index (χ1v) is 8.37. The highest BCUT2D eigenvalue weighted by Crippen LogP contribution is 2.32. The molecule has 0 saturated heterocycles. The Balaban J connectivity index is 1.84. The van der Waals surface area contributed by atoms with Crippen molar-refractivity contribution in [3.8, 4) is 0 Å². The Hall–Kier alpha value is -2.26. The average Bonchev–Trinajstić information content (AvgIpc) is 2.97. The van der Waals surface area contributed by atoms with E-state index >= 15 is 0 Å². The summed E-state index contributed by atoms with van der Waals surface area (Å²) in [6, 6.07) is 13.8. The normalized spacial score (nSPS) is 11.7. The summed E-state index contributed by atoms with van der Waals surface area (Å²) in [4.78, 5) is 16.0. The molecule has 1 heterocycles. The van der Waals surface area contributed by atoms with Crippen molar-refractivity contribution in [1.82, 2.24) is 10.3 Å². The van der Waals surface area contributed by atoms with Crippen molar-refractivity contribution >= 4 is 28.4 Å². The van der Waals surface area contributed by atoms with E-state index in [-0.39, 0.29) is 5.91 Å². The first-order chi connectivity index (χ1) is 11.4. The fraction of sp³-hybridized carbons (Fsp3) is 0.250. The Morgan fingerprint density at radius 3 is 2.71 bits per heavy atom. The zero-order chi connectivity index (χ0) is 17.3. The maximum atomic E-state index is 12.8. The number of nitrogens with one attached hydrogen (secondary N) is 2. The Morgan fingerprint density at radius 2 is 1.96 bits per heavy atom. The van der Waals surface area contributed by atoms with E-state index in [0.29, 0.717) is 11.6 Å². The van der Waals surface area contributed by atoms with Gasteiger partial charge in [-0.2, -0.15) is 0 Å². The number of benzene rings is 2. The minimum atomic E-state index is -0.661. The van der Waals surface area contributed by atoms with E-state index < -0.39 is 5.41 Å². The molecule has 2 aromatic carbocycles. The molecule has 4 heteroatoms. The molecule has 0 fully saturated rings. The van der Waals surface area contributed by atoms with Crippen LogP contribution >= 0.6 is 11.6 Å². The predicted octanol–water partition coefficient (Wildman–Crippen LogP) is 4.72. The SMILES string of the molecule is Cc1ccccc1CNC(=O)C(C)(C)c1c[nH]c2ccc(Cl)cc12. The zero-order valence-electron chi connectivity index (χ0n) is 14.1. The summed E-state index contributed by atoms with van der Waals surface area (Å²) < 4.78 is 0. The van der Waals surface area contributed by atoms with Gasteiger partial charge in [0.05, 0.1) is 5.41 Å². The number of fused-ring (bicyclic) bond motifs is 1. The minimum Gasteiger partial charge on any atom is -0.361 e. The van der Waals surface area contributed by atoms with Crippen LogP contribution in [0.2, 0.25) is 5.02 Å². The number of carbonyl (C=O) groups is 1. The lowest BCUT2D eigenvalue weighted by molar-refractivity contribution is -0.125. The molecule has 1 aromatic heterocycles. The van der Waals surface area contributed by atoms with Gasteiger partial charge < -0.3 is 10.3 Å². The third-order valence-corrected chi connectivity index (χ3v) is 4.82. The van der Waals surface area contributed by atoms with E-state index in [1.165, 1.54) is 5.56 Å². The van der Waals surface area contributed by atoms with Crippen LogP contribution in [0.3, 0.4) is 0 Å². The van der Waals surface area contributed by atoms with E-state index in [1.54, 1.807) is 0 Å². The monoisotopic (exact) mass is 340 g/mol. The van der Waals surface area contributed by atoms with E-state index in [4.69, 9.17) is 11.6 Å². The number of aromatic amines is 1. The molecule has 24 heavy (non-hydrogen) atoms. The van der Waals surface area contributed by atoms with Crippen molar-refractivity contribution in [1.29, 1.82) is 0 Å². The number of aromatic nitrogens is 1. The lowest BCUT2D eigenvalue weighted by atomic mass is 9.83. The highest BCUT2D eigenvalue weighted by atomic mass is 35.5. The molecule has 0 aliphatic heterocycles. The molecule has 124 valence electrons. The molecule has 0 unspecified atom stereocenters. The van der Waals surface area contributed by atoms with Gasteiger partial charge in [-0.25, -0.2) is 0 Å². The standard InChI is InChI=1S/C20H21ClN2O/c1-13-6-4-5-7-14(13)11-23-19(24)20(2,3)17-12-22-18-9-8-15(21)10-16(17)18/h4-10,12,22H,11H2,1-3H3,(H,23,24). The molecule has 0 spiro atoms. The van der Waals surface area contributed by atoms with Crippen LogP contribution in [0, 0.1) is 6.92 Å². The van der Waals surface area contributed by atoms with Crippen molar-refractivity contribution < 1.29 is 4.79 Å². The molecular weight excluding hydrogens is 320 g/mol. The lowest BCUT2D eigenvalue weighted by Crippen LogP contribution is -2.39. The van der Waals surface area contributed by atoms with Crippen LogP contribution in [0.25, 0.3) is 10.9 Å². The second kappa shape index (κ2) is 6.33. The highest BCUT2D eigenvalue weighted by Gasteiger charge is 2.32. The summed E-state index contributed by atoms with van der Waals surface area (Å²) in [5, 5.41) is 4.71. The molecular formula is C20H21ClN2O. The van der Waals surface area contributed by atoms with Gasteiger partial charge in [0, 0.05) is 28.7 Å². The van der Waals surface area contributed by atoms with E-state index in [0.717, 1.165) is 22.0 Å². The van der Waals surface area contributed by atoms with Crippen molar-refractivity contribution in [2.24, 2.45) is 0 Å². The van der Waals surface area contributed by atoms with Crippen molar-refractivity contribution in [3.05, 3.63) is 70.4 Å².